The van der Waals surface area contributed by atoms with Crippen molar-refractivity contribution >= 4 is 5.91 Å². The van der Waals surface area contributed by atoms with Crippen LogP contribution in [0.4, 0.5) is 0 Å². The fraction of sp³-hybridized carbons (Fsp3) is 0.333. The number of amides is 1. The van der Waals surface area contributed by atoms with Gasteiger partial charge in [-0.2, -0.15) is 0 Å². The molecule has 0 bridgehead atoms. The highest BCUT2D eigenvalue weighted by atomic mass is 16.5. The van der Waals surface area contributed by atoms with Gasteiger partial charge in [-0.25, -0.2) is 0 Å². The molecule has 0 radical (unpaired) electrons. The Kier molecular flexibility index (Phi) is 6.41. The van der Waals surface area contributed by atoms with Gasteiger partial charge in [0.05, 0.1) is 13.7 Å². The van der Waals surface area contributed by atoms with Crippen LogP contribution in [0.3, 0.4) is 0 Å². The molecule has 1 aromatic carbocycles. The highest BCUT2D eigenvalue weighted by Crippen LogP contribution is 2.28. The molecule has 122 valence electrons. The van der Waals surface area contributed by atoms with Crippen LogP contribution >= 0.6 is 0 Å². The standard InChI is InChI=1S/C18H22N2O3/c1-3-4-11-23-16-6-5-15(12-17(16)22-2)18(21)20-13-14-7-9-19-10-8-14/h5-10,12H,3-4,11,13H2,1-2H3,(H,20,21). The van der Waals surface area contributed by atoms with Crippen molar-refractivity contribution in [2.24, 2.45) is 0 Å². The minimum Gasteiger partial charge on any atom is -0.493 e. The van der Waals surface area contributed by atoms with Crippen molar-refractivity contribution in [2.45, 2.75) is 26.3 Å². The van der Waals surface area contributed by atoms with Crippen LogP contribution in [-0.2, 0) is 6.54 Å². The highest BCUT2D eigenvalue weighted by Gasteiger charge is 2.11. The van der Waals surface area contributed by atoms with Crippen LogP contribution in [0.5, 0.6) is 11.5 Å². The summed E-state index contributed by atoms with van der Waals surface area (Å²) >= 11 is 0. The molecule has 0 saturated carbocycles. The Balaban J connectivity index is 2.00. The van der Waals surface area contributed by atoms with Gasteiger partial charge in [0.1, 0.15) is 0 Å². The van der Waals surface area contributed by atoms with E-state index >= 15 is 0 Å². The fourth-order valence-corrected chi connectivity index (χ4v) is 2.04. The SMILES string of the molecule is CCCCOc1ccc(C(=O)NCc2ccncc2)cc1OC. The number of pyridine rings is 1. The van der Waals surface area contributed by atoms with E-state index < -0.39 is 0 Å². The zero-order valence-corrected chi connectivity index (χ0v) is 13.5. The number of benzene rings is 1. The lowest BCUT2D eigenvalue weighted by atomic mass is 10.1. The Morgan fingerprint density at radius 3 is 2.65 bits per heavy atom. The number of nitrogens with one attached hydrogen (secondary N) is 1. The van der Waals surface area contributed by atoms with E-state index in [1.165, 1.54) is 0 Å². The second-order valence-corrected chi connectivity index (χ2v) is 5.11. The van der Waals surface area contributed by atoms with Crippen molar-refractivity contribution in [1.82, 2.24) is 10.3 Å². The van der Waals surface area contributed by atoms with E-state index in [1.54, 1.807) is 37.7 Å². The van der Waals surface area contributed by atoms with Crippen LogP contribution in [0.2, 0.25) is 0 Å². The van der Waals surface area contributed by atoms with E-state index in [0.29, 0.717) is 30.2 Å². The van der Waals surface area contributed by atoms with Gasteiger partial charge in [0.15, 0.2) is 11.5 Å². The summed E-state index contributed by atoms with van der Waals surface area (Å²) in [5, 5.41) is 2.88. The average molecular weight is 314 g/mol. The number of unbranched alkanes of at least 4 members (excludes halogenated alkanes) is 1. The summed E-state index contributed by atoms with van der Waals surface area (Å²) in [5.74, 6) is 1.07. The van der Waals surface area contributed by atoms with E-state index in [2.05, 4.69) is 17.2 Å². The molecule has 1 amide bonds. The summed E-state index contributed by atoms with van der Waals surface area (Å²) in [7, 11) is 1.57. The van der Waals surface area contributed by atoms with Crippen molar-refractivity contribution in [1.29, 1.82) is 0 Å². The summed E-state index contributed by atoms with van der Waals surface area (Å²) < 4.78 is 11.0. The Hall–Kier alpha value is -2.56. The van der Waals surface area contributed by atoms with Crippen molar-refractivity contribution in [3.63, 3.8) is 0 Å². The number of hydrogen-bond donors (Lipinski definition) is 1. The highest BCUT2D eigenvalue weighted by molar-refractivity contribution is 5.94. The number of aromatic nitrogens is 1. The summed E-state index contributed by atoms with van der Waals surface area (Å²) in [4.78, 5) is 16.2. The van der Waals surface area contributed by atoms with Crippen LogP contribution in [0.15, 0.2) is 42.7 Å². The summed E-state index contributed by atoms with van der Waals surface area (Å²) in [6, 6.07) is 8.95. The first kappa shape index (κ1) is 16.8. The van der Waals surface area contributed by atoms with E-state index in [4.69, 9.17) is 9.47 Å². The van der Waals surface area contributed by atoms with Gasteiger partial charge in [0.25, 0.3) is 5.91 Å². The molecule has 0 spiro atoms. The van der Waals surface area contributed by atoms with Crippen LogP contribution in [-0.4, -0.2) is 24.6 Å². The molecular weight excluding hydrogens is 292 g/mol. The molecule has 0 unspecified atom stereocenters. The van der Waals surface area contributed by atoms with Gasteiger partial charge in [0.2, 0.25) is 0 Å². The van der Waals surface area contributed by atoms with Crippen LogP contribution in [0.1, 0.15) is 35.7 Å². The topological polar surface area (TPSA) is 60.5 Å². The number of nitrogens with zero attached hydrogens (tertiary/aromatic N) is 1. The zero-order valence-electron chi connectivity index (χ0n) is 13.5. The number of rotatable bonds is 8. The number of ether oxygens (including phenoxy) is 2. The Morgan fingerprint density at radius 1 is 1.17 bits per heavy atom. The lowest BCUT2D eigenvalue weighted by Gasteiger charge is -2.12. The van der Waals surface area contributed by atoms with Gasteiger partial charge in [-0.1, -0.05) is 13.3 Å². The van der Waals surface area contributed by atoms with Crippen molar-refractivity contribution < 1.29 is 14.3 Å². The van der Waals surface area contributed by atoms with E-state index in [9.17, 15) is 4.79 Å². The predicted octanol–water partition coefficient (Wildman–Crippen LogP) is 3.20. The van der Waals surface area contributed by atoms with E-state index in [0.717, 1.165) is 18.4 Å². The maximum absolute atomic E-state index is 12.2. The molecule has 23 heavy (non-hydrogen) atoms. The maximum Gasteiger partial charge on any atom is 0.251 e. The first-order valence-corrected chi connectivity index (χ1v) is 7.72. The molecule has 1 aromatic heterocycles. The number of carbonyl (C=O) groups is 1. The van der Waals surface area contributed by atoms with E-state index in [-0.39, 0.29) is 5.91 Å². The van der Waals surface area contributed by atoms with Crippen molar-refractivity contribution in [2.75, 3.05) is 13.7 Å². The fourth-order valence-electron chi connectivity index (χ4n) is 2.04. The quantitative estimate of drug-likeness (QED) is 0.760. The molecule has 0 aliphatic rings. The Bertz CT molecular complexity index is 629. The molecule has 0 aliphatic heterocycles. The van der Waals surface area contributed by atoms with Gasteiger partial charge in [-0.05, 0) is 42.3 Å². The normalized spacial score (nSPS) is 10.2. The third-order valence-corrected chi connectivity index (χ3v) is 3.38. The molecule has 0 fully saturated rings. The molecule has 0 atom stereocenters. The smallest absolute Gasteiger partial charge is 0.251 e. The van der Waals surface area contributed by atoms with Crippen LogP contribution < -0.4 is 14.8 Å². The number of carbonyl (C=O) groups excluding carboxylic acids is 1. The lowest BCUT2D eigenvalue weighted by Crippen LogP contribution is -2.22. The zero-order chi connectivity index (χ0) is 16.5. The minimum atomic E-state index is -0.153. The second-order valence-electron chi connectivity index (χ2n) is 5.11. The molecule has 5 heteroatoms. The predicted molar refractivity (Wildman–Crippen MR) is 88.8 cm³/mol. The third kappa shape index (κ3) is 4.98. The summed E-state index contributed by atoms with van der Waals surface area (Å²) in [6.45, 7) is 3.20. The number of methoxy groups -OCH3 is 1. The monoisotopic (exact) mass is 314 g/mol. The van der Waals surface area contributed by atoms with Gasteiger partial charge >= 0.3 is 0 Å². The Morgan fingerprint density at radius 2 is 1.96 bits per heavy atom. The first-order chi connectivity index (χ1) is 11.2. The first-order valence-electron chi connectivity index (χ1n) is 7.72. The number of hydrogen-bond acceptors (Lipinski definition) is 4. The average Bonchev–Trinajstić information content (AvgIpc) is 2.61. The Labute approximate surface area is 136 Å². The van der Waals surface area contributed by atoms with Gasteiger partial charge in [-0.15, -0.1) is 0 Å². The molecule has 2 aromatic rings. The third-order valence-electron chi connectivity index (χ3n) is 3.38. The minimum absolute atomic E-state index is 0.153. The van der Waals surface area contributed by atoms with Gasteiger partial charge < -0.3 is 14.8 Å². The molecule has 2 rings (SSSR count). The molecule has 0 saturated heterocycles. The molecular formula is C18H22N2O3. The lowest BCUT2D eigenvalue weighted by molar-refractivity contribution is 0.0950. The van der Waals surface area contributed by atoms with Crippen LogP contribution in [0, 0.1) is 0 Å². The molecule has 5 nitrogen and oxygen atoms in total. The van der Waals surface area contributed by atoms with Gasteiger partial charge in [-0.3, -0.25) is 9.78 Å². The maximum atomic E-state index is 12.2. The van der Waals surface area contributed by atoms with Gasteiger partial charge in [0, 0.05) is 24.5 Å². The van der Waals surface area contributed by atoms with Crippen molar-refractivity contribution in [3.05, 3.63) is 53.9 Å². The molecule has 0 aliphatic carbocycles. The van der Waals surface area contributed by atoms with E-state index in [1.807, 2.05) is 12.1 Å². The molecule has 1 heterocycles. The summed E-state index contributed by atoms with van der Waals surface area (Å²) in [5.41, 5.74) is 1.54. The van der Waals surface area contributed by atoms with Crippen molar-refractivity contribution in [3.8, 4) is 11.5 Å². The molecule has 1 N–H and O–H groups in total. The second kappa shape index (κ2) is 8.78. The summed E-state index contributed by atoms with van der Waals surface area (Å²) in [6.07, 6.45) is 5.45. The largest absolute Gasteiger partial charge is 0.493 e. The van der Waals surface area contributed by atoms with Crippen LogP contribution in [0.25, 0.3) is 0 Å².